The van der Waals surface area contributed by atoms with Crippen molar-refractivity contribution < 1.29 is 9.53 Å². The molecule has 3 N–H and O–H groups in total. The van der Waals surface area contributed by atoms with Gasteiger partial charge < -0.3 is 15.8 Å². The summed E-state index contributed by atoms with van der Waals surface area (Å²) in [6.45, 7) is 1.33. The molecule has 92 valence electrons. The quantitative estimate of drug-likeness (QED) is 0.818. The first-order chi connectivity index (χ1) is 8.27. The summed E-state index contributed by atoms with van der Waals surface area (Å²) in [5.74, 6) is -0.168. The molecule has 1 fully saturated rings. The first kappa shape index (κ1) is 11.9. The fraction of sp³-hybridized carbons (Fsp3) is 0.500. The molecule has 5 nitrogen and oxygen atoms in total. The summed E-state index contributed by atoms with van der Waals surface area (Å²) in [6.07, 6.45) is 6.45. The van der Waals surface area contributed by atoms with E-state index in [2.05, 4.69) is 10.3 Å². The van der Waals surface area contributed by atoms with Crippen molar-refractivity contribution in [2.75, 3.05) is 18.9 Å². The second kappa shape index (κ2) is 5.63. The van der Waals surface area contributed by atoms with E-state index in [4.69, 9.17) is 10.5 Å². The number of nitrogens with zero attached hydrogens (tertiary/aromatic N) is 1. The van der Waals surface area contributed by atoms with E-state index in [1.54, 1.807) is 12.3 Å². The van der Waals surface area contributed by atoms with Gasteiger partial charge in [-0.25, -0.2) is 0 Å². The van der Waals surface area contributed by atoms with Crippen LogP contribution < -0.4 is 11.1 Å². The van der Waals surface area contributed by atoms with Crippen molar-refractivity contribution in [1.82, 2.24) is 10.3 Å². The summed E-state index contributed by atoms with van der Waals surface area (Å²) in [7, 11) is 0. The smallest absolute Gasteiger partial charge is 0.253 e. The predicted octanol–water partition coefficient (Wildman–Crippen LogP) is 0.963. The maximum absolute atomic E-state index is 11.8. The van der Waals surface area contributed by atoms with Gasteiger partial charge in [0.15, 0.2) is 0 Å². The van der Waals surface area contributed by atoms with Gasteiger partial charge in [-0.15, -0.1) is 0 Å². The van der Waals surface area contributed by atoms with E-state index in [9.17, 15) is 4.79 Å². The largest absolute Gasteiger partial charge is 0.397 e. The molecule has 0 aliphatic carbocycles. The third-order valence-electron chi connectivity index (χ3n) is 2.86. The van der Waals surface area contributed by atoms with E-state index >= 15 is 0 Å². The van der Waals surface area contributed by atoms with Crippen molar-refractivity contribution in [3.8, 4) is 0 Å². The van der Waals surface area contributed by atoms with Gasteiger partial charge in [0.25, 0.3) is 5.91 Å². The highest BCUT2D eigenvalue weighted by Crippen LogP contribution is 2.12. The molecular weight excluding hydrogens is 218 g/mol. The number of hydrogen-bond acceptors (Lipinski definition) is 4. The fourth-order valence-electron chi connectivity index (χ4n) is 1.88. The molecule has 0 saturated carbocycles. The third-order valence-corrected chi connectivity index (χ3v) is 2.86. The maximum Gasteiger partial charge on any atom is 0.253 e. The molecule has 1 aromatic heterocycles. The third kappa shape index (κ3) is 3.17. The number of amides is 1. The number of ether oxygens (including phenoxy) is 1. The minimum Gasteiger partial charge on any atom is -0.397 e. The summed E-state index contributed by atoms with van der Waals surface area (Å²) < 4.78 is 5.54. The van der Waals surface area contributed by atoms with E-state index in [-0.39, 0.29) is 12.0 Å². The topological polar surface area (TPSA) is 77.2 Å². The molecule has 0 aromatic carbocycles. The average Bonchev–Trinajstić information content (AvgIpc) is 2.38. The molecule has 1 aromatic rings. The van der Waals surface area contributed by atoms with Crippen LogP contribution in [0.25, 0.3) is 0 Å². The number of rotatable bonds is 3. The van der Waals surface area contributed by atoms with Gasteiger partial charge in [0.05, 0.1) is 23.6 Å². The molecule has 1 unspecified atom stereocenters. The highest BCUT2D eigenvalue weighted by atomic mass is 16.5. The molecule has 1 aliphatic rings. The monoisotopic (exact) mass is 235 g/mol. The zero-order valence-electron chi connectivity index (χ0n) is 9.69. The Morgan fingerprint density at radius 1 is 1.59 bits per heavy atom. The van der Waals surface area contributed by atoms with E-state index in [1.807, 2.05) is 0 Å². The van der Waals surface area contributed by atoms with Crippen molar-refractivity contribution >= 4 is 11.6 Å². The Labute approximate surface area is 100 Å². The van der Waals surface area contributed by atoms with Gasteiger partial charge in [0, 0.05) is 19.3 Å². The molecule has 1 saturated heterocycles. The van der Waals surface area contributed by atoms with Crippen LogP contribution in [0, 0.1) is 0 Å². The summed E-state index contributed by atoms with van der Waals surface area (Å²) in [5.41, 5.74) is 6.54. The SMILES string of the molecule is Nc1cnccc1C(=O)NCC1CCCCO1. The van der Waals surface area contributed by atoms with E-state index in [0.29, 0.717) is 17.8 Å². The zero-order chi connectivity index (χ0) is 12.1. The van der Waals surface area contributed by atoms with Gasteiger partial charge in [-0.05, 0) is 25.3 Å². The van der Waals surface area contributed by atoms with Crippen molar-refractivity contribution in [1.29, 1.82) is 0 Å². The van der Waals surface area contributed by atoms with Crippen LogP contribution >= 0.6 is 0 Å². The standard InChI is InChI=1S/C12H17N3O2/c13-11-8-14-5-4-10(11)12(16)15-7-9-3-1-2-6-17-9/h4-5,8-9H,1-3,6-7,13H2,(H,15,16). The Balaban J connectivity index is 1.87. The maximum atomic E-state index is 11.8. The number of nitrogens with one attached hydrogen (secondary N) is 1. The van der Waals surface area contributed by atoms with Crippen LogP contribution in [-0.2, 0) is 4.74 Å². The lowest BCUT2D eigenvalue weighted by molar-refractivity contribution is 0.0169. The fourth-order valence-corrected chi connectivity index (χ4v) is 1.88. The van der Waals surface area contributed by atoms with Gasteiger partial charge in [-0.3, -0.25) is 9.78 Å². The number of hydrogen-bond donors (Lipinski definition) is 2. The molecule has 1 aliphatic heterocycles. The first-order valence-corrected chi connectivity index (χ1v) is 5.86. The highest BCUT2D eigenvalue weighted by Gasteiger charge is 2.16. The summed E-state index contributed by atoms with van der Waals surface area (Å²) >= 11 is 0. The molecule has 1 amide bonds. The number of carbonyl (C=O) groups excluding carboxylic acids is 1. The van der Waals surface area contributed by atoms with E-state index in [0.717, 1.165) is 25.9 Å². The Hall–Kier alpha value is -1.62. The van der Waals surface area contributed by atoms with Crippen molar-refractivity contribution in [2.45, 2.75) is 25.4 Å². The first-order valence-electron chi connectivity index (χ1n) is 5.86. The Kier molecular flexibility index (Phi) is 3.93. The van der Waals surface area contributed by atoms with Crippen LogP contribution in [0.15, 0.2) is 18.5 Å². The molecule has 2 rings (SSSR count). The van der Waals surface area contributed by atoms with E-state index in [1.165, 1.54) is 6.20 Å². The molecule has 0 spiro atoms. The second-order valence-electron chi connectivity index (χ2n) is 4.16. The van der Waals surface area contributed by atoms with Gasteiger partial charge in [0.2, 0.25) is 0 Å². The van der Waals surface area contributed by atoms with Crippen LogP contribution in [0.1, 0.15) is 29.6 Å². The minimum absolute atomic E-state index is 0.135. The average molecular weight is 235 g/mol. The lowest BCUT2D eigenvalue weighted by Crippen LogP contribution is -2.35. The molecule has 5 heteroatoms. The van der Waals surface area contributed by atoms with Gasteiger partial charge in [-0.2, -0.15) is 0 Å². The molecule has 1 atom stereocenters. The van der Waals surface area contributed by atoms with Crippen molar-refractivity contribution in [2.24, 2.45) is 0 Å². The molecule has 17 heavy (non-hydrogen) atoms. The van der Waals surface area contributed by atoms with Gasteiger partial charge in [0.1, 0.15) is 0 Å². The molecule has 0 bridgehead atoms. The van der Waals surface area contributed by atoms with Crippen molar-refractivity contribution in [3.63, 3.8) is 0 Å². The molecule has 2 heterocycles. The Bertz CT molecular complexity index is 389. The lowest BCUT2D eigenvalue weighted by Gasteiger charge is -2.22. The summed E-state index contributed by atoms with van der Waals surface area (Å²) in [4.78, 5) is 15.7. The van der Waals surface area contributed by atoms with Crippen LogP contribution in [0.4, 0.5) is 5.69 Å². The summed E-state index contributed by atoms with van der Waals surface area (Å²) in [6, 6.07) is 1.62. The molecular formula is C12H17N3O2. The zero-order valence-corrected chi connectivity index (χ0v) is 9.69. The van der Waals surface area contributed by atoms with Crippen LogP contribution in [0.2, 0.25) is 0 Å². The Morgan fingerprint density at radius 2 is 2.47 bits per heavy atom. The number of anilines is 1. The number of carbonyl (C=O) groups is 1. The van der Waals surface area contributed by atoms with Gasteiger partial charge >= 0.3 is 0 Å². The lowest BCUT2D eigenvalue weighted by atomic mass is 10.1. The predicted molar refractivity (Wildman–Crippen MR) is 64.6 cm³/mol. The Morgan fingerprint density at radius 3 is 3.18 bits per heavy atom. The van der Waals surface area contributed by atoms with Crippen LogP contribution in [0.5, 0.6) is 0 Å². The van der Waals surface area contributed by atoms with Crippen LogP contribution in [-0.4, -0.2) is 30.1 Å². The number of nitrogens with two attached hydrogens (primary N) is 1. The number of aromatic nitrogens is 1. The molecule has 0 radical (unpaired) electrons. The number of nitrogen functional groups attached to an aromatic ring is 1. The minimum atomic E-state index is -0.168. The highest BCUT2D eigenvalue weighted by molar-refractivity contribution is 5.98. The van der Waals surface area contributed by atoms with Crippen LogP contribution in [0.3, 0.4) is 0 Å². The van der Waals surface area contributed by atoms with Crippen molar-refractivity contribution in [3.05, 3.63) is 24.0 Å². The number of pyridine rings is 1. The van der Waals surface area contributed by atoms with Gasteiger partial charge in [-0.1, -0.05) is 0 Å². The summed E-state index contributed by atoms with van der Waals surface area (Å²) in [5, 5.41) is 2.84. The van der Waals surface area contributed by atoms with E-state index < -0.39 is 0 Å². The second-order valence-corrected chi connectivity index (χ2v) is 4.16. The normalized spacial score (nSPS) is 19.9.